The van der Waals surface area contributed by atoms with Gasteiger partial charge < -0.3 is 29.8 Å². The second-order valence-electron chi connectivity index (χ2n) is 10.4. The van der Waals surface area contributed by atoms with Crippen molar-refractivity contribution in [2.45, 2.75) is 38.7 Å². The first kappa shape index (κ1) is 27.5. The van der Waals surface area contributed by atoms with Gasteiger partial charge in [-0.05, 0) is 61.5 Å². The molecule has 1 atom stereocenters. The zero-order chi connectivity index (χ0) is 28.2. The standard InChI is InChI=1S/C29H31FN6O4S/c1-29(27(37)32-14-20-4-2-12-38-20)16-39-26(40-17-29)25-35-23(18-6-8-19(30)9-7-18)24(36-25)22-10-11-31-28(34-22)33-15-21-5-3-13-41-21/h3,5-11,13,20,26H,2,4,12,14-17H2,1H3,(H,32,37)(H,35,36)(H,31,33,34). The van der Waals surface area contributed by atoms with Crippen molar-refractivity contribution >= 4 is 23.2 Å². The third-order valence-electron chi connectivity index (χ3n) is 7.14. The Balaban J connectivity index is 1.21. The van der Waals surface area contributed by atoms with E-state index in [0.717, 1.165) is 24.3 Å². The van der Waals surface area contributed by atoms with Gasteiger partial charge in [0.15, 0.2) is 5.82 Å². The molecule has 2 aliphatic heterocycles. The van der Waals surface area contributed by atoms with Gasteiger partial charge in [0.05, 0.1) is 48.4 Å². The van der Waals surface area contributed by atoms with Crippen molar-refractivity contribution in [3.05, 3.63) is 70.6 Å². The second-order valence-corrected chi connectivity index (χ2v) is 11.4. The van der Waals surface area contributed by atoms with Gasteiger partial charge in [-0.3, -0.25) is 4.79 Å². The molecule has 2 fully saturated rings. The summed E-state index contributed by atoms with van der Waals surface area (Å²) in [5.74, 6) is 0.409. The lowest BCUT2D eigenvalue weighted by atomic mass is 9.91. The average Bonchev–Trinajstić information content (AvgIpc) is 3.78. The zero-order valence-electron chi connectivity index (χ0n) is 22.6. The quantitative estimate of drug-likeness (QED) is 0.261. The van der Waals surface area contributed by atoms with E-state index in [2.05, 4.69) is 20.6 Å². The number of carbonyl (C=O) groups excluding carboxylic acids is 1. The molecule has 0 saturated carbocycles. The lowest BCUT2D eigenvalue weighted by Crippen LogP contribution is -2.49. The fourth-order valence-electron chi connectivity index (χ4n) is 4.79. The molecule has 2 aliphatic rings. The van der Waals surface area contributed by atoms with E-state index in [1.165, 1.54) is 12.1 Å². The number of carbonyl (C=O) groups is 1. The number of nitrogens with zero attached hydrogens (tertiary/aromatic N) is 3. The number of anilines is 1. The fourth-order valence-corrected chi connectivity index (χ4v) is 5.44. The molecule has 5 heterocycles. The van der Waals surface area contributed by atoms with Gasteiger partial charge in [0.2, 0.25) is 18.1 Å². The van der Waals surface area contributed by atoms with E-state index < -0.39 is 11.7 Å². The number of aromatic amines is 1. The number of nitrogens with one attached hydrogen (secondary N) is 3. The molecule has 0 radical (unpaired) electrons. The zero-order valence-corrected chi connectivity index (χ0v) is 23.4. The molecule has 10 nitrogen and oxygen atoms in total. The molecule has 1 amide bonds. The molecule has 0 aliphatic carbocycles. The summed E-state index contributed by atoms with van der Waals surface area (Å²) < 4.78 is 31.4. The molecular weight excluding hydrogens is 547 g/mol. The van der Waals surface area contributed by atoms with Crippen molar-refractivity contribution in [3.8, 4) is 22.6 Å². The maximum absolute atomic E-state index is 13.7. The summed E-state index contributed by atoms with van der Waals surface area (Å²) in [6, 6.07) is 11.9. The third kappa shape index (κ3) is 6.30. The Labute approximate surface area is 240 Å². The molecule has 214 valence electrons. The summed E-state index contributed by atoms with van der Waals surface area (Å²) in [4.78, 5) is 31.2. The monoisotopic (exact) mass is 578 g/mol. The smallest absolute Gasteiger partial charge is 0.230 e. The summed E-state index contributed by atoms with van der Waals surface area (Å²) in [7, 11) is 0. The van der Waals surface area contributed by atoms with Gasteiger partial charge in [-0.25, -0.2) is 19.3 Å². The summed E-state index contributed by atoms with van der Waals surface area (Å²) in [5, 5.41) is 8.25. The SMILES string of the molecule is CC1(C(=O)NCC2CCCO2)COC(c2nc(-c3ccc(F)cc3)c(-c3ccnc(NCc4cccs4)n3)[nH]2)OC1. The van der Waals surface area contributed by atoms with Crippen LogP contribution >= 0.6 is 11.3 Å². The summed E-state index contributed by atoms with van der Waals surface area (Å²) in [6.45, 7) is 3.94. The molecule has 0 bridgehead atoms. The molecule has 2 saturated heterocycles. The fraction of sp³-hybridized carbons (Fsp3) is 0.379. The number of hydrogen-bond acceptors (Lipinski definition) is 9. The van der Waals surface area contributed by atoms with Gasteiger partial charge in [0, 0.05) is 29.8 Å². The Bertz CT molecular complexity index is 1460. The highest BCUT2D eigenvalue weighted by Crippen LogP contribution is 2.35. The first-order chi connectivity index (χ1) is 20.0. The van der Waals surface area contributed by atoms with E-state index in [0.29, 0.717) is 47.5 Å². The van der Waals surface area contributed by atoms with Crippen LogP contribution in [0.1, 0.15) is 36.8 Å². The Morgan fingerprint density at radius 2 is 1.98 bits per heavy atom. The van der Waals surface area contributed by atoms with Crippen LogP contribution in [0, 0.1) is 11.2 Å². The molecule has 3 N–H and O–H groups in total. The first-order valence-corrected chi connectivity index (χ1v) is 14.4. The van der Waals surface area contributed by atoms with Gasteiger partial charge in [-0.2, -0.15) is 0 Å². The predicted octanol–water partition coefficient (Wildman–Crippen LogP) is 4.69. The van der Waals surface area contributed by atoms with Crippen LogP contribution in [-0.4, -0.2) is 58.3 Å². The van der Waals surface area contributed by atoms with Gasteiger partial charge in [0.25, 0.3) is 0 Å². The van der Waals surface area contributed by atoms with Crippen LogP contribution in [0.2, 0.25) is 0 Å². The molecule has 3 aromatic heterocycles. The highest BCUT2D eigenvalue weighted by Gasteiger charge is 2.41. The third-order valence-corrected chi connectivity index (χ3v) is 8.02. The molecule has 12 heteroatoms. The van der Waals surface area contributed by atoms with Crippen molar-refractivity contribution in [2.75, 3.05) is 31.7 Å². The van der Waals surface area contributed by atoms with Crippen LogP contribution in [0.3, 0.4) is 0 Å². The minimum absolute atomic E-state index is 0.0559. The number of benzene rings is 1. The highest BCUT2D eigenvalue weighted by atomic mass is 32.1. The van der Waals surface area contributed by atoms with Crippen molar-refractivity contribution in [1.29, 1.82) is 0 Å². The number of rotatable bonds is 9. The lowest BCUT2D eigenvalue weighted by molar-refractivity contribution is -0.231. The number of amides is 1. The van der Waals surface area contributed by atoms with Crippen LogP contribution in [0.25, 0.3) is 22.6 Å². The molecule has 1 aromatic carbocycles. The number of imidazole rings is 1. The van der Waals surface area contributed by atoms with Gasteiger partial charge in [0.1, 0.15) is 5.82 Å². The Morgan fingerprint density at radius 1 is 1.15 bits per heavy atom. The summed E-state index contributed by atoms with van der Waals surface area (Å²) in [6.07, 6.45) is 2.86. The normalized spacial score (nSPS) is 22.5. The van der Waals surface area contributed by atoms with Crippen LogP contribution in [0.4, 0.5) is 10.3 Å². The molecule has 41 heavy (non-hydrogen) atoms. The second kappa shape index (κ2) is 12.0. The average molecular weight is 579 g/mol. The Morgan fingerprint density at radius 3 is 2.71 bits per heavy atom. The minimum atomic E-state index is -0.847. The highest BCUT2D eigenvalue weighted by molar-refractivity contribution is 7.09. The van der Waals surface area contributed by atoms with Crippen LogP contribution in [0.15, 0.2) is 54.0 Å². The van der Waals surface area contributed by atoms with Crippen LogP contribution in [0.5, 0.6) is 0 Å². The molecule has 1 unspecified atom stereocenters. The predicted molar refractivity (Wildman–Crippen MR) is 151 cm³/mol. The first-order valence-electron chi connectivity index (χ1n) is 13.6. The largest absolute Gasteiger partial charge is 0.376 e. The Hall–Kier alpha value is -3.71. The van der Waals surface area contributed by atoms with E-state index in [9.17, 15) is 9.18 Å². The topological polar surface area (TPSA) is 123 Å². The van der Waals surface area contributed by atoms with Crippen molar-refractivity contribution in [2.24, 2.45) is 5.41 Å². The minimum Gasteiger partial charge on any atom is -0.376 e. The van der Waals surface area contributed by atoms with Crippen LogP contribution in [-0.2, 0) is 25.5 Å². The van der Waals surface area contributed by atoms with E-state index in [-0.39, 0.29) is 31.0 Å². The van der Waals surface area contributed by atoms with Gasteiger partial charge >= 0.3 is 0 Å². The van der Waals surface area contributed by atoms with Gasteiger partial charge in [-0.1, -0.05) is 6.07 Å². The van der Waals surface area contributed by atoms with E-state index in [1.54, 1.807) is 35.7 Å². The molecule has 0 spiro atoms. The maximum atomic E-state index is 13.7. The maximum Gasteiger partial charge on any atom is 0.230 e. The van der Waals surface area contributed by atoms with Crippen molar-refractivity contribution in [1.82, 2.24) is 25.3 Å². The van der Waals surface area contributed by atoms with E-state index in [1.807, 2.05) is 24.4 Å². The van der Waals surface area contributed by atoms with Crippen LogP contribution < -0.4 is 10.6 Å². The number of aromatic nitrogens is 4. The summed E-state index contributed by atoms with van der Waals surface area (Å²) >= 11 is 1.65. The number of hydrogen-bond donors (Lipinski definition) is 3. The summed E-state index contributed by atoms with van der Waals surface area (Å²) in [5.41, 5.74) is 1.63. The van der Waals surface area contributed by atoms with E-state index >= 15 is 0 Å². The van der Waals surface area contributed by atoms with Crippen molar-refractivity contribution < 1.29 is 23.4 Å². The number of halogens is 1. The molecule has 6 rings (SSSR count). The van der Waals surface area contributed by atoms with E-state index in [4.69, 9.17) is 24.2 Å². The number of ether oxygens (including phenoxy) is 3. The number of thiophene rings is 1. The molecular formula is C29H31FN6O4S. The van der Waals surface area contributed by atoms with Gasteiger partial charge in [-0.15, -0.1) is 11.3 Å². The van der Waals surface area contributed by atoms with Crippen molar-refractivity contribution in [3.63, 3.8) is 0 Å². The molecule has 4 aromatic rings. The Kier molecular flexibility index (Phi) is 8.06. The number of H-pyrrole nitrogens is 1. The lowest BCUT2D eigenvalue weighted by Gasteiger charge is -2.35.